The summed E-state index contributed by atoms with van der Waals surface area (Å²) >= 11 is 0. The monoisotopic (exact) mass is 276 g/mol. The van der Waals surface area contributed by atoms with E-state index in [2.05, 4.69) is 4.98 Å². The normalized spacial score (nSPS) is 15.2. The van der Waals surface area contributed by atoms with E-state index in [0.717, 1.165) is 25.7 Å². The lowest BCUT2D eigenvalue weighted by Crippen LogP contribution is -2.44. The van der Waals surface area contributed by atoms with Gasteiger partial charge in [-0.15, -0.1) is 0 Å². The zero-order valence-corrected chi connectivity index (χ0v) is 11.4. The fourth-order valence-electron chi connectivity index (χ4n) is 2.60. The van der Waals surface area contributed by atoms with Gasteiger partial charge in [-0.05, 0) is 25.0 Å². The average Bonchev–Trinajstić information content (AvgIpc) is 2.92. The quantitative estimate of drug-likeness (QED) is 0.815. The predicted octanol–water partition coefficient (Wildman–Crippen LogP) is 0.463. The van der Waals surface area contributed by atoms with E-state index in [1.54, 1.807) is 17.0 Å². The predicted molar refractivity (Wildman–Crippen MR) is 75.5 cm³/mol. The molecule has 1 aromatic rings. The maximum absolute atomic E-state index is 12.4. The van der Waals surface area contributed by atoms with Gasteiger partial charge in [0.25, 0.3) is 0 Å². The van der Waals surface area contributed by atoms with E-state index in [1.165, 1.54) is 6.20 Å². The summed E-state index contributed by atoms with van der Waals surface area (Å²) in [4.78, 5) is 29.3. The number of carbonyl (C=O) groups is 2. The first-order chi connectivity index (χ1) is 9.56. The minimum Gasteiger partial charge on any atom is -0.397 e. The third-order valence-corrected chi connectivity index (χ3v) is 3.59. The highest BCUT2D eigenvalue weighted by Gasteiger charge is 2.27. The van der Waals surface area contributed by atoms with Crippen LogP contribution in [0.3, 0.4) is 0 Å². The van der Waals surface area contributed by atoms with Crippen molar-refractivity contribution in [3.8, 4) is 0 Å². The molecule has 1 aromatic heterocycles. The van der Waals surface area contributed by atoms with Crippen LogP contribution in [0.4, 0.5) is 5.69 Å². The second-order valence-corrected chi connectivity index (χ2v) is 5.19. The van der Waals surface area contributed by atoms with Crippen molar-refractivity contribution in [2.75, 3.05) is 12.3 Å². The zero-order valence-electron chi connectivity index (χ0n) is 11.4. The average molecular weight is 276 g/mol. The highest BCUT2D eigenvalue weighted by atomic mass is 16.2. The number of hydrogen-bond donors (Lipinski definition) is 2. The molecule has 4 N–H and O–H groups in total. The summed E-state index contributed by atoms with van der Waals surface area (Å²) in [6.07, 6.45) is 5.75. The molecule has 1 fully saturated rings. The van der Waals surface area contributed by atoms with E-state index < -0.39 is 5.91 Å². The van der Waals surface area contributed by atoms with Crippen LogP contribution in [0.15, 0.2) is 18.3 Å². The number of nitrogens with two attached hydrogens (primary N) is 2. The summed E-state index contributed by atoms with van der Waals surface area (Å²) < 4.78 is 0. The summed E-state index contributed by atoms with van der Waals surface area (Å²) in [5, 5.41) is 0. The van der Waals surface area contributed by atoms with Gasteiger partial charge in [0.1, 0.15) is 0 Å². The molecule has 0 atom stereocenters. The minimum atomic E-state index is -0.476. The molecular weight excluding hydrogens is 256 g/mol. The molecule has 108 valence electrons. The van der Waals surface area contributed by atoms with Crippen LogP contribution in [0.1, 0.15) is 31.4 Å². The van der Waals surface area contributed by atoms with Crippen molar-refractivity contribution in [3.05, 3.63) is 24.0 Å². The molecule has 0 radical (unpaired) electrons. The Morgan fingerprint density at radius 3 is 2.55 bits per heavy atom. The van der Waals surface area contributed by atoms with Gasteiger partial charge in [0.15, 0.2) is 0 Å². The summed E-state index contributed by atoms with van der Waals surface area (Å²) in [5.41, 5.74) is 12.0. The second-order valence-electron chi connectivity index (χ2n) is 5.19. The number of pyridine rings is 1. The van der Waals surface area contributed by atoms with Gasteiger partial charge < -0.3 is 16.4 Å². The number of amides is 2. The van der Waals surface area contributed by atoms with Gasteiger partial charge in [-0.2, -0.15) is 0 Å². The lowest BCUT2D eigenvalue weighted by Gasteiger charge is -2.27. The summed E-state index contributed by atoms with van der Waals surface area (Å²) in [7, 11) is 0. The van der Waals surface area contributed by atoms with Crippen LogP contribution in [0.25, 0.3) is 0 Å². The summed E-state index contributed by atoms with van der Waals surface area (Å²) in [6, 6.07) is 3.57. The molecule has 6 nitrogen and oxygen atoms in total. The maximum atomic E-state index is 12.4. The second kappa shape index (κ2) is 6.36. The summed E-state index contributed by atoms with van der Waals surface area (Å²) in [5.74, 6) is -0.580. The highest BCUT2D eigenvalue weighted by Crippen LogP contribution is 2.23. The van der Waals surface area contributed by atoms with Crippen molar-refractivity contribution in [2.45, 2.75) is 38.1 Å². The number of primary amides is 1. The van der Waals surface area contributed by atoms with Crippen molar-refractivity contribution >= 4 is 17.5 Å². The van der Waals surface area contributed by atoms with Crippen LogP contribution in [-0.4, -0.2) is 34.3 Å². The number of rotatable bonds is 5. The lowest BCUT2D eigenvalue weighted by atomic mass is 10.1. The van der Waals surface area contributed by atoms with Gasteiger partial charge in [-0.25, -0.2) is 0 Å². The van der Waals surface area contributed by atoms with Crippen LogP contribution < -0.4 is 11.5 Å². The first kappa shape index (κ1) is 14.3. The van der Waals surface area contributed by atoms with Gasteiger partial charge in [0.2, 0.25) is 11.8 Å². The zero-order chi connectivity index (χ0) is 14.5. The van der Waals surface area contributed by atoms with Crippen molar-refractivity contribution in [1.82, 2.24) is 9.88 Å². The molecule has 1 aliphatic carbocycles. The number of carbonyl (C=O) groups excluding carboxylic acids is 2. The van der Waals surface area contributed by atoms with E-state index >= 15 is 0 Å². The van der Waals surface area contributed by atoms with E-state index in [1.807, 2.05) is 0 Å². The van der Waals surface area contributed by atoms with Gasteiger partial charge >= 0.3 is 0 Å². The number of anilines is 1. The Labute approximate surface area is 118 Å². The van der Waals surface area contributed by atoms with E-state index in [0.29, 0.717) is 11.4 Å². The minimum absolute atomic E-state index is 0.0154. The van der Waals surface area contributed by atoms with Crippen molar-refractivity contribution in [1.29, 1.82) is 0 Å². The molecule has 0 aliphatic heterocycles. The Morgan fingerprint density at radius 2 is 2.00 bits per heavy atom. The van der Waals surface area contributed by atoms with Crippen molar-refractivity contribution in [2.24, 2.45) is 5.73 Å². The van der Waals surface area contributed by atoms with E-state index in [4.69, 9.17) is 11.5 Å². The molecule has 0 saturated heterocycles. The largest absolute Gasteiger partial charge is 0.397 e. The van der Waals surface area contributed by atoms with Gasteiger partial charge in [-0.1, -0.05) is 12.8 Å². The maximum Gasteiger partial charge on any atom is 0.237 e. The SMILES string of the molecule is NC(=O)CN(C(=O)Cc1ccc(N)cn1)C1CCCC1. The number of hydrogen-bond acceptors (Lipinski definition) is 4. The Balaban J connectivity index is 2.05. The van der Waals surface area contributed by atoms with Crippen LogP contribution in [0, 0.1) is 0 Å². The Morgan fingerprint density at radius 1 is 1.30 bits per heavy atom. The molecule has 0 aromatic carbocycles. The van der Waals surface area contributed by atoms with Crippen LogP contribution >= 0.6 is 0 Å². The van der Waals surface area contributed by atoms with Crippen molar-refractivity contribution in [3.63, 3.8) is 0 Å². The number of nitrogens with zero attached hydrogens (tertiary/aromatic N) is 2. The van der Waals surface area contributed by atoms with Crippen LogP contribution in [-0.2, 0) is 16.0 Å². The molecular formula is C14H20N4O2. The van der Waals surface area contributed by atoms with Crippen LogP contribution in [0.2, 0.25) is 0 Å². The molecule has 1 heterocycles. The fourth-order valence-corrected chi connectivity index (χ4v) is 2.60. The Hall–Kier alpha value is -2.11. The molecule has 6 heteroatoms. The molecule has 2 rings (SSSR count). The molecule has 20 heavy (non-hydrogen) atoms. The van der Waals surface area contributed by atoms with Crippen molar-refractivity contribution < 1.29 is 9.59 Å². The highest BCUT2D eigenvalue weighted by molar-refractivity contribution is 5.85. The Kier molecular flexibility index (Phi) is 4.55. The van der Waals surface area contributed by atoms with Gasteiger partial charge in [0, 0.05) is 11.7 Å². The molecule has 0 spiro atoms. The first-order valence-electron chi connectivity index (χ1n) is 6.84. The summed E-state index contributed by atoms with van der Waals surface area (Å²) in [6.45, 7) is -0.0154. The molecule has 1 saturated carbocycles. The third-order valence-electron chi connectivity index (χ3n) is 3.59. The molecule has 0 bridgehead atoms. The molecule has 0 unspecified atom stereocenters. The van der Waals surface area contributed by atoms with Gasteiger partial charge in [0.05, 0.1) is 24.8 Å². The molecule has 2 amide bonds. The van der Waals surface area contributed by atoms with E-state index in [-0.39, 0.29) is 24.9 Å². The lowest BCUT2D eigenvalue weighted by molar-refractivity contribution is -0.136. The standard InChI is InChI=1S/C14H20N4O2/c15-10-5-6-11(17-8-10)7-14(20)18(9-13(16)19)12-3-1-2-4-12/h5-6,8,12H,1-4,7,9,15H2,(H2,16,19). The van der Waals surface area contributed by atoms with Crippen LogP contribution in [0.5, 0.6) is 0 Å². The van der Waals surface area contributed by atoms with Gasteiger partial charge in [-0.3, -0.25) is 14.6 Å². The number of aromatic nitrogens is 1. The topological polar surface area (TPSA) is 102 Å². The smallest absolute Gasteiger partial charge is 0.237 e. The Bertz CT molecular complexity index is 480. The first-order valence-corrected chi connectivity index (χ1v) is 6.84. The molecule has 1 aliphatic rings. The third kappa shape index (κ3) is 3.69. The number of nitrogen functional groups attached to an aromatic ring is 1. The van der Waals surface area contributed by atoms with E-state index in [9.17, 15) is 9.59 Å². The fraction of sp³-hybridized carbons (Fsp3) is 0.500.